The second-order valence-corrected chi connectivity index (χ2v) is 1.56. The number of halogens is 2. The van der Waals surface area contributed by atoms with Crippen LogP contribution in [0.1, 0.15) is 0 Å². The summed E-state index contributed by atoms with van der Waals surface area (Å²) < 4.78 is 34.3. The van der Waals surface area contributed by atoms with Crippen molar-refractivity contribution >= 4 is 0 Å². The van der Waals surface area contributed by atoms with Crippen LogP contribution in [-0.2, 0) is 21.0 Å². The van der Waals surface area contributed by atoms with Crippen molar-refractivity contribution in [2.75, 3.05) is 0 Å². The molecule has 9 heteroatoms. The minimum absolute atomic E-state index is 0. The average molecular weight is 236 g/mol. The zero-order chi connectivity index (χ0) is 4.50. The van der Waals surface area contributed by atoms with E-state index in [1.807, 2.05) is 0 Å². The molecule has 0 aromatic heterocycles. The van der Waals surface area contributed by atoms with Gasteiger partial charge in [-0.05, 0) is 0 Å². The molecule has 0 aromatic carbocycles. The Morgan fingerprint density at radius 1 is 1.00 bits per heavy atom. The molecule has 0 fully saturated rings. The Kier molecular flexibility index (Phi) is 45.1. The molecular formula is HF2K2MnO4. The maximum atomic E-state index is 8.58. The topological polar surface area (TPSA) is 80.3 Å². The molecule has 0 heterocycles. The molecule has 0 saturated carbocycles. The molecule has 0 atom stereocenters. The number of hydrogen-bond donors (Lipinski definition) is 0. The van der Waals surface area contributed by atoms with Gasteiger partial charge in [0.2, 0.25) is 0 Å². The fourth-order valence-electron chi connectivity index (χ4n) is 0. The third-order valence-corrected chi connectivity index (χ3v) is 0. The van der Waals surface area contributed by atoms with Crippen LogP contribution >= 0.6 is 0 Å². The molecule has 4 nitrogen and oxygen atoms in total. The van der Waals surface area contributed by atoms with Crippen molar-refractivity contribution in [3.63, 3.8) is 0 Å². The van der Waals surface area contributed by atoms with E-state index in [0.29, 0.717) is 0 Å². The summed E-state index contributed by atoms with van der Waals surface area (Å²) in [6.07, 6.45) is 0. The van der Waals surface area contributed by atoms with Crippen LogP contribution in [0.3, 0.4) is 0 Å². The first kappa shape index (κ1) is 29.5. The average Bonchev–Trinajstić information content (AvgIpc) is 0.722. The van der Waals surface area contributed by atoms with E-state index < -0.39 is 13.4 Å². The first-order valence-electron chi connectivity index (χ1n) is 0.617. The molecule has 0 aliphatic carbocycles. The SMILES string of the molecule is F.[F].[K+].[K+].[O]=[Mn](=[O])([O-])[O-]. The third kappa shape index (κ3) is 93.4. The van der Waals surface area contributed by atoms with Crippen molar-refractivity contribution in [3.8, 4) is 0 Å². The van der Waals surface area contributed by atoms with E-state index in [4.69, 9.17) is 16.0 Å². The van der Waals surface area contributed by atoms with Crippen molar-refractivity contribution in [3.05, 3.63) is 0 Å². The van der Waals surface area contributed by atoms with E-state index in [2.05, 4.69) is 0 Å². The van der Waals surface area contributed by atoms with Crippen LogP contribution in [0.15, 0.2) is 0 Å². The zero-order valence-electron chi connectivity index (χ0n) is 4.80. The molecule has 0 saturated heterocycles. The van der Waals surface area contributed by atoms with Crippen LogP contribution in [0, 0.1) is 0 Å². The van der Waals surface area contributed by atoms with Gasteiger partial charge in [-0.1, -0.05) is 0 Å². The summed E-state index contributed by atoms with van der Waals surface area (Å²) >= 11 is -5.62. The van der Waals surface area contributed by atoms with Gasteiger partial charge in [-0.25, -0.2) is 0 Å². The predicted octanol–water partition coefficient (Wildman–Crippen LogP) is -8.04. The summed E-state index contributed by atoms with van der Waals surface area (Å²) in [7, 11) is 0. The van der Waals surface area contributed by atoms with E-state index in [9.17, 15) is 0 Å². The Morgan fingerprint density at radius 2 is 1.00 bits per heavy atom. The van der Waals surface area contributed by atoms with E-state index in [-0.39, 0.29) is 112 Å². The molecule has 0 rings (SSSR count). The maximum absolute atomic E-state index is 8.58. The molecule has 48 valence electrons. The van der Waals surface area contributed by atoms with Crippen LogP contribution in [-0.4, -0.2) is 0 Å². The van der Waals surface area contributed by atoms with Gasteiger partial charge >= 0.3 is 132 Å². The Morgan fingerprint density at radius 3 is 1.00 bits per heavy atom. The quantitative estimate of drug-likeness (QED) is 0.391. The summed E-state index contributed by atoms with van der Waals surface area (Å²) in [6.45, 7) is 0. The summed E-state index contributed by atoms with van der Waals surface area (Å²) in [5, 5.41) is 0. The van der Waals surface area contributed by atoms with E-state index in [1.54, 1.807) is 0 Å². The molecule has 1 radical (unpaired) electrons. The van der Waals surface area contributed by atoms with Gasteiger partial charge in [0.25, 0.3) is 0 Å². The molecule has 0 aliphatic heterocycles. The van der Waals surface area contributed by atoms with Gasteiger partial charge < -0.3 is 0 Å². The normalized spacial score (nSPS) is 6.44. The molecule has 0 unspecified atom stereocenters. The second-order valence-electron chi connectivity index (χ2n) is 0.378. The first-order chi connectivity index (χ1) is 2.00. The Bertz CT molecular complexity index is 99.7. The van der Waals surface area contributed by atoms with Crippen LogP contribution in [0.5, 0.6) is 0 Å². The number of hydrogen-bond acceptors (Lipinski definition) is 4. The van der Waals surface area contributed by atoms with Gasteiger partial charge in [0.1, 0.15) is 0 Å². The molecule has 0 amide bonds. The van der Waals surface area contributed by atoms with Gasteiger partial charge in [0.15, 0.2) is 0 Å². The molecule has 0 N–H and O–H groups in total. The van der Waals surface area contributed by atoms with Gasteiger partial charge in [-0.3, -0.25) is 4.70 Å². The summed E-state index contributed by atoms with van der Waals surface area (Å²) in [5.74, 6) is 0. The van der Waals surface area contributed by atoms with Crippen molar-refractivity contribution in [2.24, 2.45) is 0 Å². The standard InChI is InChI=1S/FH.F.2K.Mn.4O/h1H;;;;;;;;/q;;2*+1;;;;2*-1. The first-order valence-corrected chi connectivity index (χ1v) is 2.54. The van der Waals surface area contributed by atoms with Gasteiger partial charge in [-0.15, -0.1) is 0 Å². The molecule has 0 bridgehead atoms. The Hall–Kier alpha value is 3.17. The van der Waals surface area contributed by atoms with E-state index in [0.717, 1.165) is 0 Å². The summed E-state index contributed by atoms with van der Waals surface area (Å²) in [4.78, 5) is 0. The van der Waals surface area contributed by atoms with Crippen molar-refractivity contribution in [1.82, 2.24) is 0 Å². The van der Waals surface area contributed by atoms with E-state index in [1.165, 1.54) is 0 Å². The minimum atomic E-state index is -5.62. The van der Waals surface area contributed by atoms with Crippen LogP contribution in [0.25, 0.3) is 0 Å². The van der Waals surface area contributed by atoms with Gasteiger partial charge in [-0.2, -0.15) is 0 Å². The fraction of sp³-hybridized carbons (Fsp3) is 0. The second kappa shape index (κ2) is 13.7. The zero-order valence-corrected chi connectivity index (χ0v) is 12.2. The fourth-order valence-corrected chi connectivity index (χ4v) is 0. The molecular weight excluding hydrogens is 235 g/mol. The summed E-state index contributed by atoms with van der Waals surface area (Å²) in [6, 6.07) is 0. The van der Waals surface area contributed by atoms with Crippen molar-refractivity contribution in [1.29, 1.82) is 0 Å². The third-order valence-electron chi connectivity index (χ3n) is 0. The Balaban J connectivity index is -0.0000000133. The van der Waals surface area contributed by atoms with Gasteiger partial charge in [0.05, 0.1) is 0 Å². The molecule has 0 aliphatic rings. The summed E-state index contributed by atoms with van der Waals surface area (Å²) in [5.41, 5.74) is 0. The molecule has 0 aromatic rings. The van der Waals surface area contributed by atoms with Crippen LogP contribution < -0.4 is 111 Å². The van der Waals surface area contributed by atoms with Crippen LogP contribution in [0.4, 0.5) is 9.41 Å². The van der Waals surface area contributed by atoms with Crippen molar-refractivity contribution in [2.45, 2.75) is 0 Å². The van der Waals surface area contributed by atoms with Crippen LogP contribution in [0.2, 0.25) is 0 Å². The van der Waals surface area contributed by atoms with Crippen molar-refractivity contribution < 1.29 is 142 Å². The predicted molar refractivity (Wildman–Crippen MR) is 4.98 cm³/mol. The number of rotatable bonds is 0. The molecule has 0 spiro atoms. The monoisotopic (exact) mass is 236 g/mol. The Labute approximate surface area is 138 Å². The van der Waals surface area contributed by atoms with E-state index >= 15 is 0 Å². The van der Waals surface area contributed by atoms with Gasteiger partial charge in [0, 0.05) is 4.70 Å². The molecule has 9 heavy (non-hydrogen) atoms.